The Kier molecular flexibility index (Phi) is 8.90. The van der Waals surface area contributed by atoms with Gasteiger partial charge in [0, 0.05) is 12.1 Å². The first-order chi connectivity index (χ1) is 7.45. The van der Waals surface area contributed by atoms with Gasteiger partial charge in [0.2, 0.25) is 0 Å². The minimum atomic E-state index is 0.221. The van der Waals surface area contributed by atoms with Crippen LogP contribution in [0.5, 0.6) is 0 Å². The molecule has 0 radical (unpaired) electrons. The monoisotopic (exact) mass is 231 g/mol. The SMILES string of the molecule is CCOCCOC(C)CCCNC(C)(C)C. The van der Waals surface area contributed by atoms with Crippen LogP contribution in [0.15, 0.2) is 0 Å². The minimum Gasteiger partial charge on any atom is -0.379 e. The Morgan fingerprint density at radius 3 is 2.44 bits per heavy atom. The Morgan fingerprint density at radius 2 is 1.88 bits per heavy atom. The average molecular weight is 231 g/mol. The first-order valence-corrected chi connectivity index (χ1v) is 6.40. The Bertz CT molecular complexity index is 155. The lowest BCUT2D eigenvalue weighted by Gasteiger charge is -2.21. The maximum Gasteiger partial charge on any atom is 0.0704 e. The third-order valence-corrected chi connectivity index (χ3v) is 2.28. The minimum absolute atomic E-state index is 0.221. The summed E-state index contributed by atoms with van der Waals surface area (Å²) in [5.41, 5.74) is 0.221. The molecule has 0 spiro atoms. The van der Waals surface area contributed by atoms with Crippen molar-refractivity contribution >= 4 is 0 Å². The van der Waals surface area contributed by atoms with Gasteiger partial charge in [0.1, 0.15) is 0 Å². The third-order valence-electron chi connectivity index (χ3n) is 2.28. The van der Waals surface area contributed by atoms with Crippen molar-refractivity contribution in [3.63, 3.8) is 0 Å². The molecule has 0 amide bonds. The van der Waals surface area contributed by atoms with Gasteiger partial charge in [0.15, 0.2) is 0 Å². The molecule has 0 saturated heterocycles. The number of nitrogens with one attached hydrogen (secondary N) is 1. The highest BCUT2D eigenvalue weighted by atomic mass is 16.5. The van der Waals surface area contributed by atoms with E-state index in [-0.39, 0.29) is 5.54 Å². The predicted octanol–water partition coefficient (Wildman–Crippen LogP) is 2.60. The quantitative estimate of drug-likeness (QED) is 0.619. The predicted molar refractivity (Wildman–Crippen MR) is 68.9 cm³/mol. The molecule has 16 heavy (non-hydrogen) atoms. The first-order valence-electron chi connectivity index (χ1n) is 6.40. The van der Waals surface area contributed by atoms with E-state index in [9.17, 15) is 0 Å². The molecule has 0 heterocycles. The van der Waals surface area contributed by atoms with Crippen molar-refractivity contribution in [2.45, 2.75) is 59.1 Å². The molecule has 0 aliphatic rings. The molecule has 0 aromatic heterocycles. The van der Waals surface area contributed by atoms with Crippen LogP contribution < -0.4 is 5.32 Å². The fourth-order valence-corrected chi connectivity index (χ4v) is 1.39. The van der Waals surface area contributed by atoms with Gasteiger partial charge in [-0.25, -0.2) is 0 Å². The number of ether oxygens (including phenoxy) is 2. The molecule has 0 aromatic carbocycles. The van der Waals surface area contributed by atoms with Crippen LogP contribution in [-0.4, -0.2) is 38.0 Å². The molecule has 0 rings (SSSR count). The molecule has 0 aliphatic carbocycles. The van der Waals surface area contributed by atoms with Gasteiger partial charge < -0.3 is 14.8 Å². The van der Waals surface area contributed by atoms with Crippen LogP contribution in [0.1, 0.15) is 47.5 Å². The van der Waals surface area contributed by atoms with E-state index < -0.39 is 0 Å². The zero-order chi connectivity index (χ0) is 12.4. The van der Waals surface area contributed by atoms with Gasteiger partial charge in [0.05, 0.1) is 19.3 Å². The highest BCUT2D eigenvalue weighted by Gasteiger charge is 2.08. The molecule has 1 atom stereocenters. The summed E-state index contributed by atoms with van der Waals surface area (Å²) < 4.78 is 10.8. The van der Waals surface area contributed by atoms with E-state index in [0.717, 1.165) is 26.0 Å². The smallest absolute Gasteiger partial charge is 0.0704 e. The number of rotatable bonds is 9. The molecular formula is C13H29NO2. The Balaban J connectivity index is 3.27. The van der Waals surface area contributed by atoms with Gasteiger partial charge in [-0.15, -0.1) is 0 Å². The van der Waals surface area contributed by atoms with Gasteiger partial charge in [-0.1, -0.05) is 0 Å². The lowest BCUT2D eigenvalue weighted by Crippen LogP contribution is -2.36. The Hall–Kier alpha value is -0.120. The molecule has 0 fully saturated rings. The second-order valence-corrected chi connectivity index (χ2v) is 5.20. The van der Waals surface area contributed by atoms with Crippen LogP contribution in [0.2, 0.25) is 0 Å². The zero-order valence-electron chi connectivity index (χ0n) is 11.6. The van der Waals surface area contributed by atoms with E-state index in [1.807, 2.05) is 6.92 Å². The molecule has 0 aliphatic heterocycles. The average Bonchev–Trinajstić information content (AvgIpc) is 2.18. The Labute approximate surface area is 101 Å². The summed E-state index contributed by atoms with van der Waals surface area (Å²) in [5, 5.41) is 3.47. The maximum atomic E-state index is 5.62. The van der Waals surface area contributed by atoms with Crippen LogP contribution in [0.25, 0.3) is 0 Å². The molecule has 0 bridgehead atoms. The summed E-state index contributed by atoms with van der Waals surface area (Å²) in [4.78, 5) is 0. The molecule has 3 heteroatoms. The normalized spacial score (nSPS) is 14.1. The van der Waals surface area contributed by atoms with Crippen molar-refractivity contribution in [1.82, 2.24) is 5.32 Å². The second kappa shape index (κ2) is 8.97. The molecule has 98 valence electrons. The number of hydrogen-bond donors (Lipinski definition) is 1. The Morgan fingerprint density at radius 1 is 1.19 bits per heavy atom. The van der Waals surface area contributed by atoms with E-state index >= 15 is 0 Å². The summed E-state index contributed by atoms with van der Waals surface area (Å²) in [5.74, 6) is 0. The lowest BCUT2D eigenvalue weighted by molar-refractivity contribution is 0.0114. The van der Waals surface area contributed by atoms with Gasteiger partial charge in [-0.05, 0) is 54.0 Å². The van der Waals surface area contributed by atoms with Gasteiger partial charge >= 0.3 is 0 Å². The van der Waals surface area contributed by atoms with E-state index in [2.05, 4.69) is 33.0 Å². The molecule has 0 saturated carbocycles. The summed E-state index contributed by atoms with van der Waals surface area (Å²) in [6, 6.07) is 0. The molecule has 3 nitrogen and oxygen atoms in total. The second-order valence-electron chi connectivity index (χ2n) is 5.20. The summed E-state index contributed by atoms with van der Waals surface area (Å²) in [7, 11) is 0. The van der Waals surface area contributed by atoms with Crippen LogP contribution in [-0.2, 0) is 9.47 Å². The fourth-order valence-electron chi connectivity index (χ4n) is 1.39. The molecule has 1 unspecified atom stereocenters. The number of hydrogen-bond acceptors (Lipinski definition) is 3. The standard InChI is InChI=1S/C13H29NO2/c1-6-15-10-11-16-12(2)8-7-9-14-13(3,4)5/h12,14H,6-11H2,1-5H3. The third kappa shape index (κ3) is 12.0. The van der Waals surface area contributed by atoms with E-state index in [0.29, 0.717) is 19.3 Å². The molecule has 1 N–H and O–H groups in total. The van der Waals surface area contributed by atoms with Crippen molar-refractivity contribution in [3.05, 3.63) is 0 Å². The first kappa shape index (κ1) is 15.9. The molecular weight excluding hydrogens is 202 g/mol. The van der Waals surface area contributed by atoms with E-state index in [1.54, 1.807) is 0 Å². The lowest BCUT2D eigenvalue weighted by atomic mass is 10.1. The van der Waals surface area contributed by atoms with E-state index in [1.165, 1.54) is 0 Å². The van der Waals surface area contributed by atoms with Gasteiger partial charge in [0.25, 0.3) is 0 Å². The topological polar surface area (TPSA) is 30.5 Å². The maximum absolute atomic E-state index is 5.62. The fraction of sp³-hybridized carbons (Fsp3) is 1.00. The van der Waals surface area contributed by atoms with Crippen molar-refractivity contribution < 1.29 is 9.47 Å². The van der Waals surface area contributed by atoms with Crippen LogP contribution in [0.4, 0.5) is 0 Å². The van der Waals surface area contributed by atoms with Crippen molar-refractivity contribution in [2.24, 2.45) is 0 Å². The summed E-state index contributed by atoms with van der Waals surface area (Å²) >= 11 is 0. The van der Waals surface area contributed by atoms with Crippen LogP contribution in [0.3, 0.4) is 0 Å². The van der Waals surface area contributed by atoms with Crippen molar-refractivity contribution in [3.8, 4) is 0 Å². The van der Waals surface area contributed by atoms with E-state index in [4.69, 9.17) is 9.47 Å². The van der Waals surface area contributed by atoms with Crippen molar-refractivity contribution in [2.75, 3.05) is 26.4 Å². The highest BCUT2D eigenvalue weighted by Crippen LogP contribution is 2.03. The van der Waals surface area contributed by atoms with Gasteiger partial charge in [-0.3, -0.25) is 0 Å². The summed E-state index contributed by atoms with van der Waals surface area (Å²) in [6.45, 7) is 13.9. The summed E-state index contributed by atoms with van der Waals surface area (Å²) in [6.07, 6.45) is 2.60. The van der Waals surface area contributed by atoms with Crippen LogP contribution >= 0.6 is 0 Å². The zero-order valence-corrected chi connectivity index (χ0v) is 11.6. The van der Waals surface area contributed by atoms with Crippen molar-refractivity contribution in [1.29, 1.82) is 0 Å². The van der Waals surface area contributed by atoms with Gasteiger partial charge in [-0.2, -0.15) is 0 Å². The highest BCUT2D eigenvalue weighted by molar-refractivity contribution is 4.69. The molecule has 0 aromatic rings. The largest absolute Gasteiger partial charge is 0.379 e. The van der Waals surface area contributed by atoms with Crippen LogP contribution in [0, 0.1) is 0 Å².